The van der Waals surface area contributed by atoms with Gasteiger partial charge in [-0.2, -0.15) is 0 Å². The van der Waals surface area contributed by atoms with E-state index >= 15 is 0 Å². The quantitative estimate of drug-likeness (QED) is 0.151. The van der Waals surface area contributed by atoms with E-state index in [1.807, 2.05) is 18.2 Å². The van der Waals surface area contributed by atoms with E-state index in [1.165, 1.54) is 32.0 Å². The van der Waals surface area contributed by atoms with Crippen LogP contribution < -0.4 is 0 Å². The summed E-state index contributed by atoms with van der Waals surface area (Å²) in [5, 5.41) is 9.60. The Bertz CT molecular complexity index is 1080. The van der Waals surface area contributed by atoms with Crippen LogP contribution in [0.2, 0.25) is 0 Å². The van der Waals surface area contributed by atoms with Crippen LogP contribution in [0.25, 0.3) is 12.2 Å². The maximum absolute atomic E-state index is 12.8. The van der Waals surface area contributed by atoms with Crippen molar-refractivity contribution >= 4 is 63.3 Å². The molecule has 0 fully saturated rings. The van der Waals surface area contributed by atoms with Gasteiger partial charge in [-0.05, 0) is 105 Å². The van der Waals surface area contributed by atoms with Crippen LogP contribution in [-0.2, 0) is 9.53 Å². The Morgan fingerprint density at radius 3 is 2.14 bits per heavy atom. The van der Waals surface area contributed by atoms with E-state index in [0.29, 0.717) is 0 Å². The number of hydrogen-bond acceptors (Lipinski definition) is 3. The SMILES string of the molecule is CCCCCCC(CCCC)C(=O)OC1CC=Cc2cc(I)ccc21.OC1CC=Cc2cc(I)ccc21. The van der Waals surface area contributed by atoms with Crippen molar-refractivity contribution in [2.75, 3.05) is 0 Å². The van der Waals surface area contributed by atoms with Crippen LogP contribution in [0.5, 0.6) is 0 Å². The fraction of sp³-hybridized carbons (Fsp3) is 0.469. The fourth-order valence-electron chi connectivity index (χ4n) is 4.87. The summed E-state index contributed by atoms with van der Waals surface area (Å²) >= 11 is 4.60. The maximum Gasteiger partial charge on any atom is 0.309 e. The molecule has 0 radical (unpaired) electrons. The van der Waals surface area contributed by atoms with Crippen molar-refractivity contribution in [1.82, 2.24) is 0 Å². The van der Waals surface area contributed by atoms with Gasteiger partial charge in [-0.25, -0.2) is 0 Å². The van der Waals surface area contributed by atoms with E-state index in [0.717, 1.165) is 61.6 Å². The molecular formula is C32H40I2O3. The molecule has 0 saturated heterocycles. The molecule has 2 aliphatic carbocycles. The number of rotatable bonds is 10. The molecule has 1 N–H and O–H groups in total. The number of ether oxygens (including phenoxy) is 1. The molecule has 0 aliphatic heterocycles. The molecule has 3 nitrogen and oxygen atoms in total. The fourth-order valence-corrected chi connectivity index (χ4v) is 5.90. The number of carbonyl (C=O) groups is 1. The van der Waals surface area contributed by atoms with Gasteiger partial charge < -0.3 is 9.84 Å². The molecular weight excluding hydrogens is 686 g/mol. The van der Waals surface area contributed by atoms with Gasteiger partial charge >= 0.3 is 5.97 Å². The molecule has 37 heavy (non-hydrogen) atoms. The normalized spacial score (nSPS) is 18.3. The molecule has 2 aromatic rings. The Labute approximate surface area is 250 Å². The lowest BCUT2D eigenvalue weighted by Gasteiger charge is -2.25. The number of benzene rings is 2. The van der Waals surface area contributed by atoms with Crippen LogP contribution in [0, 0.1) is 13.1 Å². The lowest BCUT2D eigenvalue weighted by molar-refractivity contribution is -0.155. The highest BCUT2D eigenvalue weighted by molar-refractivity contribution is 14.1. The van der Waals surface area contributed by atoms with Gasteiger partial charge in [-0.15, -0.1) is 0 Å². The van der Waals surface area contributed by atoms with Crippen LogP contribution in [0.15, 0.2) is 48.6 Å². The zero-order valence-electron chi connectivity index (χ0n) is 22.1. The Hall–Kier alpha value is -1.19. The van der Waals surface area contributed by atoms with Gasteiger partial charge in [0.2, 0.25) is 0 Å². The smallest absolute Gasteiger partial charge is 0.309 e. The van der Waals surface area contributed by atoms with E-state index < -0.39 is 0 Å². The number of unbranched alkanes of at least 4 members (excludes halogenated alkanes) is 4. The monoisotopic (exact) mass is 726 g/mol. The molecule has 0 spiro atoms. The predicted octanol–water partition coefficient (Wildman–Crippen LogP) is 9.81. The molecule has 5 heteroatoms. The first-order valence-electron chi connectivity index (χ1n) is 13.7. The molecule has 0 amide bonds. The third kappa shape index (κ3) is 9.50. The lowest BCUT2D eigenvalue weighted by atomic mass is 9.93. The first kappa shape index (κ1) is 30.4. The molecule has 0 aromatic heterocycles. The summed E-state index contributed by atoms with van der Waals surface area (Å²) < 4.78 is 8.41. The third-order valence-corrected chi connectivity index (χ3v) is 8.35. The molecule has 0 saturated carbocycles. The van der Waals surface area contributed by atoms with E-state index in [4.69, 9.17) is 4.74 Å². The zero-order chi connectivity index (χ0) is 26.6. The number of fused-ring (bicyclic) bond motifs is 2. The number of aliphatic hydroxyl groups is 1. The van der Waals surface area contributed by atoms with Crippen LogP contribution in [0.1, 0.15) is 113 Å². The summed E-state index contributed by atoms with van der Waals surface area (Å²) in [7, 11) is 0. The summed E-state index contributed by atoms with van der Waals surface area (Å²) in [4.78, 5) is 12.8. The molecule has 4 rings (SSSR count). The third-order valence-electron chi connectivity index (χ3n) is 7.01. The van der Waals surface area contributed by atoms with Crippen molar-refractivity contribution in [2.24, 2.45) is 5.92 Å². The van der Waals surface area contributed by atoms with Crippen molar-refractivity contribution in [3.05, 3.63) is 77.9 Å². The van der Waals surface area contributed by atoms with E-state index in [-0.39, 0.29) is 24.1 Å². The van der Waals surface area contributed by atoms with Crippen molar-refractivity contribution in [2.45, 2.75) is 90.3 Å². The molecule has 2 aromatic carbocycles. The number of aliphatic hydroxyl groups excluding tert-OH is 1. The summed E-state index contributed by atoms with van der Waals surface area (Å²) in [6, 6.07) is 12.5. The topological polar surface area (TPSA) is 46.5 Å². The number of carbonyl (C=O) groups excluding carboxylic acids is 1. The maximum atomic E-state index is 12.8. The minimum absolute atomic E-state index is 0.00903. The van der Waals surface area contributed by atoms with E-state index in [2.05, 4.69) is 102 Å². The number of esters is 1. The highest BCUT2D eigenvalue weighted by atomic mass is 127. The molecule has 0 bridgehead atoms. The minimum Gasteiger partial charge on any atom is -0.457 e. The first-order chi connectivity index (χ1) is 17.9. The Morgan fingerprint density at radius 1 is 0.865 bits per heavy atom. The van der Waals surface area contributed by atoms with E-state index in [9.17, 15) is 9.90 Å². The van der Waals surface area contributed by atoms with Crippen LogP contribution >= 0.6 is 45.2 Å². The molecule has 2 aliphatic rings. The number of halogens is 2. The Morgan fingerprint density at radius 2 is 1.46 bits per heavy atom. The van der Waals surface area contributed by atoms with Crippen LogP contribution in [0.4, 0.5) is 0 Å². The summed E-state index contributed by atoms with van der Waals surface area (Å²) in [6.07, 6.45) is 18.5. The van der Waals surface area contributed by atoms with Gasteiger partial charge in [0.1, 0.15) is 6.10 Å². The molecule has 200 valence electrons. The van der Waals surface area contributed by atoms with Crippen molar-refractivity contribution in [3.8, 4) is 0 Å². The van der Waals surface area contributed by atoms with Crippen molar-refractivity contribution in [1.29, 1.82) is 0 Å². The largest absolute Gasteiger partial charge is 0.457 e. The average Bonchev–Trinajstić information content (AvgIpc) is 2.88. The standard InChI is InChI=1S/C22H31IO2.C10H9IO/c1-3-5-7-8-11-17(10-6-4-2)22(24)25-21-13-9-12-18-16-19(23)14-15-20(18)21;11-8-4-5-9-7(6-8)2-1-3-10(9)12/h9,12,14-17,21H,3-8,10-11,13H2,1-2H3;1-2,4-6,10,12H,3H2. The molecule has 3 unspecified atom stereocenters. The lowest BCUT2D eigenvalue weighted by Crippen LogP contribution is -2.21. The highest BCUT2D eigenvalue weighted by Crippen LogP contribution is 2.33. The minimum atomic E-state index is -0.304. The second kappa shape index (κ2) is 16.0. The van der Waals surface area contributed by atoms with Gasteiger partial charge in [-0.3, -0.25) is 4.79 Å². The second-order valence-electron chi connectivity index (χ2n) is 9.95. The molecule has 3 atom stereocenters. The first-order valence-corrected chi connectivity index (χ1v) is 15.9. The van der Waals surface area contributed by atoms with Gasteiger partial charge in [0.05, 0.1) is 12.0 Å². The van der Waals surface area contributed by atoms with Crippen molar-refractivity contribution < 1.29 is 14.6 Å². The summed E-state index contributed by atoms with van der Waals surface area (Å²) in [6.45, 7) is 4.40. The number of hydrogen-bond donors (Lipinski definition) is 1. The summed E-state index contributed by atoms with van der Waals surface area (Å²) in [5.74, 6) is 0.0739. The van der Waals surface area contributed by atoms with Gasteiger partial charge in [0.25, 0.3) is 0 Å². The highest BCUT2D eigenvalue weighted by Gasteiger charge is 2.26. The van der Waals surface area contributed by atoms with Crippen LogP contribution in [-0.4, -0.2) is 11.1 Å². The molecule has 0 heterocycles. The van der Waals surface area contributed by atoms with E-state index in [1.54, 1.807) is 0 Å². The Kier molecular flexibility index (Phi) is 13.2. The van der Waals surface area contributed by atoms with Crippen LogP contribution in [0.3, 0.4) is 0 Å². The van der Waals surface area contributed by atoms with Gasteiger partial charge in [0, 0.05) is 19.1 Å². The van der Waals surface area contributed by atoms with Gasteiger partial charge in [0.15, 0.2) is 0 Å². The summed E-state index contributed by atoms with van der Waals surface area (Å²) in [5.41, 5.74) is 4.54. The average molecular weight is 726 g/mol. The Balaban J connectivity index is 0.000000262. The second-order valence-corrected chi connectivity index (χ2v) is 12.4. The predicted molar refractivity (Wildman–Crippen MR) is 171 cm³/mol. The van der Waals surface area contributed by atoms with Crippen molar-refractivity contribution in [3.63, 3.8) is 0 Å². The van der Waals surface area contributed by atoms with Gasteiger partial charge in [-0.1, -0.05) is 88.8 Å². The zero-order valence-corrected chi connectivity index (χ0v) is 26.4.